The quantitative estimate of drug-likeness (QED) is 0.617. The summed E-state index contributed by atoms with van der Waals surface area (Å²) in [5, 5.41) is 3.21. The van der Waals surface area contributed by atoms with Crippen LogP contribution in [-0.2, 0) is 0 Å². The normalized spacial score (nSPS) is 17.2. The van der Waals surface area contributed by atoms with E-state index in [1.54, 1.807) is 0 Å². The van der Waals surface area contributed by atoms with Gasteiger partial charge in [0.05, 0.1) is 0 Å². The molecule has 22 heavy (non-hydrogen) atoms. The Morgan fingerprint density at radius 3 is 2.45 bits per heavy atom. The van der Waals surface area contributed by atoms with Gasteiger partial charge in [-0.3, -0.25) is 9.59 Å². The van der Waals surface area contributed by atoms with Gasteiger partial charge in [0.15, 0.2) is 0 Å². The molecule has 0 saturated carbocycles. The maximum absolute atomic E-state index is 11.9. The van der Waals surface area contributed by atoms with Gasteiger partial charge in [-0.05, 0) is 37.9 Å². The van der Waals surface area contributed by atoms with Gasteiger partial charge in [-0.25, -0.2) is 0 Å². The van der Waals surface area contributed by atoms with E-state index in [4.69, 9.17) is 0 Å². The van der Waals surface area contributed by atoms with Gasteiger partial charge in [-0.15, -0.1) is 0 Å². The van der Waals surface area contributed by atoms with Crippen LogP contribution in [-0.4, -0.2) is 30.6 Å². The monoisotopic (exact) mass is 324 g/mol. The third-order valence-corrected chi connectivity index (χ3v) is 6.10. The van der Waals surface area contributed by atoms with Crippen molar-refractivity contribution in [2.24, 2.45) is 5.92 Å². The molecule has 1 aliphatic rings. The fourth-order valence-electron chi connectivity index (χ4n) is 2.91. The zero-order valence-electron chi connectivity index (χ0n) is 14.2. The van der Waals surface area contributed by atoms with Crippen LogP contribution < -0.4 is 21.1 Å². The topological polar surface area (TPSA) is 49.4 Å². The van der Waals surface area contributed by atoms with Crippen LogP contribution in [0.15, 0.2) is 9.59 Å². The lowest BCUT2D eigenvalue weighted by atomic mass is 9.98. The maximum atomic E-state index is 11.9. The van der Waals surface area contributed by atoms with E-state index in [9.17, 15) is 9.59 Å². The van der Waals surface area contributed by atoms with Gasteiger partial charge < -0.3 is 10.2 Å². The zero-order valence-corrected chi connectivity index (χ0v) is 15.0. The second-order valence-electron chi connectivity index (χ2n) is 7.05. The molecule has 124 valence electrons. The summed E-state index contributed by atoms with van der Waals surface area (Å²) in [6.07, 6.45) is 6.41. The first kappa shape index (κ1) is 17.4. The Balaban J connectivity index is 1.91. The molecule has 1 aromatic carbocycles. The minimum absolute atomic E-state index is 0.265. The fraction of sp³-hybridized carbons (Fsp3) is 0.765. The molecule has 1 aromatic rings. The average Bonchev–Trinajstić information content (AvgIpc) is 2.51. The molecule has 1 fully saturated rings. The minimum Gasteiger partial charge on any atom is -0.380 e. The molecule has 1 heterocycles. The van der Waals surface area contributed by atoms with Gasteiger partial charge in [0.2, 0.25) is 0 Å². The van der Waals surface area contributed by atoms with Crippen molar-refractivity contribution in [1.82, 2.24) is 0 Å². The Hall–Kier alpha value is -0.970. The van der Waals surface area contributed by atoms with E-state index in [0.717, 1.165) is 45.3 Å². The van der Waals surface area contributed by atoms with Gasteiger partial charge in [0.1, 0.15) is 11.4 Å². The Kier molecular flexibility index (Phi) is 5.59. The summed E-state index contributed by atoms with van der Waals surface area (Å²) >= 11 is 1.86. The number of hydrogen-bond acceptors (Lipinski definition) is 5. The van der Waals surface area contributed by atoms with Crippen LogP contribution >= 0.6 is 11.8 Å². The SMILES string of the molecule is CSC(C)(C)CCCNc1c(N2CCC(C)CC2)c(=O)c1=O. The fourth-order valence-corrected chi connectivity index (χ4v) is 3.26. The van der Waals surface area contributed by atoms with Gasteiger partial charge in [-0.1, -0.05) is 20.8 Å². The van der Waals surface area contributed by atoms with Gasteiger partial charge in [0.25, 0.3) is 10.9 Å². The largest absolute Gasteiger partial charge is 0.380 e. The molecule has 0 spiro atoms. The van der Waals surface area contributed by atoms with Crippen molar-refractivity contribution in [3.05, 3.63) is 20.4 Å². The minimum atomic E-state index is -0.335. The standard InChI is InChI=1S/C17H28N2O2S/c1-12-6-10-19(11-7-12)14-13(15(20)16(14)21)18-9-5-8-17(2,3)22-4/h12,18H,5-11H2,1-4H3. The van der Waals surface area contributed by atoms with Crippen molar-refractivity contribution >= 4 is 23.1 Å². The zero-order chi connectivity index (χ0) is 16.3. The number of nitrogens with zero attached hydrogens (tertiary/aromatic N) is 1. The molecule has 0 aliphatic carbocycles. The Morgan fingerprint density at radius 1 is 1.23 bits per heavy atom. The Labute approximate surface area is 137 Å². The number of rotatable bonds is 7. The van der Waals surface area contributed by atoms with Crippen molar-refractivity contribution in [2.75, 3.05) is 36.1 Å². The molecule has 0 atom stereocenters. The van der Waals surface area contributed by atoms with Crippen LogP contribution in [0, 0.1) is 5.92 Å². The molecule has 0 unspecified atom stereocenters. The summed E-state index contributed by atoms with van der Waals surface area (Å²) in [6, 6.07) is 0. The second kappa shape index (κ2) is 7.07. The highest BCUT2D eigenvalue weighted by Gasteiger charge is 2.28. The average molecular weight is 324 g/mol. The smallest absolute Gasteiger partial charge is 0.253 e. The Morgan fingerprint density at radius 2 is 1.86 bits per heavy atom. The van der Waals surface area contributed by atoms with Crippen LogP contribution in [0.3, 0.4) is 0 Å². The summed E-state index contributed by atoms with van der Waals surface area (Å²) < 4.78 is 0.265. The van der Waals surface area contributed by atoms with Crippen LogP contribution in [0.2, 0.25) is 0 Å². The molecule has 0 radical (unpaired) electrons. The van der Waals surface area contributed by atoms with Crippen LogP contribution in [0.5, 0.6) is 0 Å². The molecule has 5 heteroatoms. The van der Waals surface area contributed by atoms with Crippen LogP contribution in [0.4, 0.5) is 11.4 Å². The van der Waals surface area contributed by atoms with Crippen molar-refractivity contribution < 1.29 is 0 Å². The van der Waals surface area contributed by atoms with Crippen molar-refractivity contribution in [3.63, 3.8) is 0 Å². The Bertz CT molecular complexity index is 567. The van der Waals surface area contributed by atoms with E-state index in [2.05, 4.69) is 37.2 Å². The molecule has 4 nitrogen and oxygen atoms in total. The van der Waals surface area contributed by atoms with E-state index in [0.29, 0.717) is 17.3 Å². The lowest BCUT2D eigenvalue weighted by molar-refractivity contribution is 0.437. The summed E-state index contributed by atoms with van der Waals surface area (Å²) in [5.41, 5.74) is 0.557. The first-order valence-corrected chi connectivity index (χ1v) is 9.45. The van der Waals surface area contributed by atoms with Crippen molar-refractivity contribution in [2.45, 2.75) is 51.2 Å². The van der Waals surface area contributed by atoms with Gasteiger partial charge >= 0.3 is 0 Å². The molecule has 1 aliphatic heterocycles. The predicted molar refractivity (Wildman–Crippen MR) is 97.3 cm³/mol. The van der Waals surface area contributed by atoms with Gasteiger partial charge in [-0.2, -0.15) is 11.8 Å². The molecular formula is C17H28N2O2S. The number of thioether (sulfide) groups is 1. The number of nitrogens with one attached hydrogen (secondary N) is 1. The second-order valence-corrected chi connectivity index (χ2v) is 8.56. The first-order valence-electron chi connectivity index (χ1n) is 8.23. The van der Waals surface area contributed by atoms with E-state index in [1.807, 2.05) is 11.8 Å². The summed E-state index contributed by atoms with van der Waals surface area (Å²) in [6.45, 7) is 9.24. The van der Waals surface area contributed by atoms with E-state index in [1.165, 1.54) is 0 Å². The van der Waals surface area contributed by atoms with E-state index < -0.39 is 0 Å². The summed E-state index contributed by atoms with van der Waals surface area (Å²) in [5.74, 6) is 0.716. The highest BCUT2D eigenvalue weighted by Crippen LogP contribution is 2.28. The summed E-state index contributed by atoms with van der Waals surface area (Å²) in [7, 11) is 0. The molecule has 1 N–H and O–H groups in total. The van der Waals surface area contributed by atoms with E-state index >= 15 is 0 Å². The van der Waals surface area contributed by atoms with Crippen molar-refractivity contribution in [1.29, 1.82) is 0 Å². The predicted octanol–water partition coefficient (Wildman–Crippen LogP) is 2.85. The van der Waals surface area contributed by atoms with Crippen molar-refractivity contribution in [3.8, 4) is 0 Å². The summed E-state index contributed by atoms with van der Waals surface area (Å²) in [4.78, 5) is 25.8. The molecule has 0 aromatic heterocycles. The lowest BCUT2D eigenvalue weighted by Gasteiger charge is -2.33. The third kappa shape index (κ3) is 3.86. The first-order chi connectivity index (χ1) is 10.4. The highest BCUT2D eigenvalue weighted by atomic mass is 32.2. The van der Waals surface area contributed by atoms with Crippen LogP contribution in [0.1, 0.15) is 46.5 Å². The number of hydrogen-bond donors (Lipinski definition) is 1. The molecule has 0 bridgehead atoms. The molecule has 1 saturated heterocycles. The third-order valence-electron chi connectivity index (χ3n) is 4.80. The van der Waals surface area contributed by atoms with Gasteiger partial charge in [0, 0.05) is 24.4 Å². The molecular weight excluding hydrogens is 296 g/mol. The number of piperidine rings is 1. The maximum Gasteiger partial charge on any atom is 0.253 e. The van der Waals surface area contributed by atoms with Crippen LogP contribution in [0.25, 0.3) is 0 Å². The highest BCUT2D eigenvalue weighted by molar-refractivity contribution is 7.99. The number of anilines is 2. The molecule has 0 amide bonds. The van der Waals surface area contributed by atoms with E-state index in [-0.39, 0.29) is 15.6 Å². The molecule has 2 rings (SSSR count). The lowest BCUT2D eigenvalue weighted by Crippen LogP contribution is -2.45.